The summed E-state index contributed by atoms with van der Waals surface area (Å²) in [5.74, 6) is 1.02. The van der Waals surface area contributed by atoms with E-state index >= 15 is 0 Å². The van der Waals surface area contributed by atoms with Gasteiger partial charge in [0, 0.05) is 56.7 Å². The first-order valence-electron chi connectivity index (χ1n) is 14.3. The number of carbonyl (C=O) groups is 1. The van der Waals surface area contributed by atoms with E-state index in [9.17, 15) is 13.2 Å². The molecule has 0 spiro atoms. The van der Waals surface area contributed by atoms with E-state index in [0.29, 0.717) is 48.7 Å². The first-order valence-corrected chi connectivity index (χ1v) is 18.5. The molecule has 1 amide bonds. The Bertz CT molecular complexity index is 1200. The van der Waals surface area contributed by atoms with E-state index in [2.05, 4.69) is 5.32 Å². The molecule has 2 aromatic rings. The Labute approximate surface area is 271 Å². The predicted molar refractivity (Wildman–Crippen MR) is 176 cm³/mol. The first-order chi connectivity index (χ1) is 20.3. The fourth-order valence-corrected chi connectivity index (χ4v) is 6.51. The molecule has 6 atom stereocenters. The van der Waals surface area contributed by atoms with Gasteiger partial charge in [0.15, 0.2) is 0 Å². The molecule has 2 unspecified atom stereocenters. The molecule has 2 aromatic carbocycles. The topological polar surface area (TPSA) is 94.2 Å². The molecule has 0 bridgehead atoms. The minimum absolute atomic E-state index is 0.0808. The van der Waals surface area contributed by atoms with Crippen molar-refractivity contribution in [2.75, 3.05) is 50.3 Å². The number of nitrogens with one attached hydrogen (secondary N) is 1. The first kappa shape index (κ1) is 35.9. The van der Waals surface area contributed by atoms with Gasteiger partial charge < -0.3 is 19.5 Å². The molecule has 4 rings (SSSR count). The largest absolute Gasteiger partial charge is 0.444 e. The predicted octanol–water partition coefficient (Wildman–Crippen LogP) is 4.88. The molecule has 12 heteroatoms. The molecule has 2 fully saturated rings. The van der Waals surface area contributed by atoms with Crippen molar-refractivity contribution >= 4 is 50.9 Å². The van der Waals surface area contributed by atoms with E-state index in [-0.39, 0.29) is 24.3 Å². The summed E-state index contributed by atoms with van der Waals surface area (Å²) in [6.07, 6.45) is 4.42. The summed E-state index contributed by atoms with van der Waals surface area (Å²) >= 11 is 11.8. The summed E-state index contributed by atoms with van der Waals surface area (Å²) in [7, 11) is -1.78. The lowest BCUT2D eigenvalue weighted by Crippen LogP contribution is -2.55. The van der Waals surface area contributed by atoms with Crippen LogP contribution in [0.5, 0.6) is 0 Å². The van der Waals surface area contributed by atoms with Gasteiger partial charge in [0.25, 0.3) is 0 Å². The van der Waals surface area contributed by atoms with E-state index < -0.39 is 27.2 Å². The Hall–Kier alpha value is -1.53. The zero-order chi connectivity index (χ0) is 31.6. The lowest BCUT2D eigenvalue weighted by atomic mass is 10.0. The minimum Gasteiger partial charge on any atom is -0.444 e. The second-order valence-electron chi connectivity index (χ2n) is 11.9. The molecule has 0 aliphatic carbocycles. The Kier molecular flexibility index (Phi) is 14.4. The number of ether oxygens (including phenoxy) is 3. The van der Waals surface area contributed by atoms with Crippen molar-refractivity contribution in [1.82, 2.24) is 10.2 Å². The van der Waals surface area contributed by atoms with Gasteiger partial charge in [-0.25, -0.2) is 4.79 Å². The van der Waals surface area contributed by atoms with Crippen molar-refractivity contribution in [2.24, 2.45) is 0 Å². The van der Waals surface area contributed by atoms with Gasteiger partial charge in [-0.2, -0.15) is 0 Å². The van der Waals surface area contributed by atoms with Gasteiger partial charge in [-0.05, 0) is 69.0 Å². The average Bonchev–Trinajstić information content (AvgIpc) is 2.92. The Morgan fingerprint density at radius 1 is 0.884 bits per heavy atom. The summed E-state index contributed by atoms with van der Waals surface area (Å²) in [5, 5.41) is 4.89. The number of rotatable bonds is 8. The number of carbonyl (C=O) groups excluding carboxylic acids is 1. The second kappa shape index (κ2) is 17.2. The standard InChI is InChI=1S/C18H26ClNO4S.C13H18ClNO2S/c1-18(2,3)24-17(21)20-10-16(12-25(4)22)23-11-15(20)9-13-5-7-14(19)8-6-13;1-18(16)9-13-7-15-12(8-17-13)6-10-2-4-11(14)5-3-10/h5-8,15-16H,9-12H2,1-4H3;2-5,12-13,15H,6-9H2,1H3/t15-,16+,25?;12-,13+,18?/m00/s1. The van der Waals surface area contributed by atoms with Crippen LogP contribution in [-0.2, 0) is 48.7 Å². The van der Waals surface area contributed by atoms with Crippen LogP contribution in [0.2, 0.25) is 10.0 Å². The van der Waals surface area contributed by atoms with Crippen LogP contribution in [0.15, 0.2) is 48.5 Å². The molecular weight excluding hydrogens is 631 g/mol. The third-order valence-electron chi connectivity index (χ3n) is 6.78. The van der Waals surface area contributed by atoms with Crippen LogP contribution in [0, 0.1) is 0 Å². The average molecular weight is 676 g/mol. The van der Waals surface area contributed by atoms with Crippen LogP contribution in [0.4, 0.5) is 4.79 Å². The highest BCUT2D eigenvalue weighted by Crippen LogP contribution is 2.21. The SMILES string of the molecule is CS(=O)C[C@H]1CN(C(=O)OC(C)(C)C)[C@@H](Cc2ccc(Cl)cc2)CO1.CS(=O)C[C@H]1CN[C@@H](Cc2ccc(Cl)cc2)CO1. The third kappa shape index (κ3) is 13.6. The van der Waals surface area contributed by atoms with E-state index in [1.807, 2.05) is 69.3 Å². The summed E-state index contributed by atoms with van der Waals surface area (Å²) in [6, 6.07) is 15.7. The summed E-state index contributed by atoms with van der Waals surface area (Å²) in [6.45, 7) is 7.76. The molecule has 0 radical (unpaired) electrons. The van der Waals surface area contributed by atoms with Gasteiger partial charge in [0.05, 0.1) is 49.5 Å². The summed E-state index contributed by atoms with van der Waals surface area (Å²) in [5.41, 5.74) is 1.76. The monoisotopic (exact) mass is 674 g/mol. The molecule has 2 aliphatic rings. The molecule has 8 nitrogen and oxygen atoms in total. The molecule has 43 heavy (non-hydrogen) atoms. The van der Waals surface area contributed by atoms with Gasteiger partial charge in [-0.1, -0.05) is 47.5 Å². The number of halogens is 2. The van der Waals surface area contributed by atoms with E-state index in [4.69, 9.17) is 37.4 Å². The van der Waals surface area contributed by atoms with Crippen LogP contribution in [0.3, 0.4) is 0 Å². The number of benzene rings is 2. The highest BCUT2D eigenvalue weighted by molar-refractivity contribution is 7.84. The number of hydrogen-bond donors (Lipinski definition) is 1. The molecule has 0 saturated carbocycles. The van der Waals surface area contributed by atoms with Gasteiger partial charge in [-0.15, -0.1) is 0 Å². The fourth-order valence-electron chi connectivity index (χ4n) is 4.80. The smallest absolute Gasteiger partial charge is 0.410 e. The van der Waals surface area contributed by atoms with E-state index in [0.717, 1.165) is 23.6 Å². The van der Waals surface area contributed by atoms with Crippen LogP contribution in [-0.4, -0.2) is 99.6 Å². The zero-order valence-electron chi connectivity index (χ0n) is 25.6. The normalized spacial score (nSPS) is 23.9. The van der Waals surface area contributed by atoms with Crippen molar-refractivity contribution < 1.29 is 27.4 Å². The van der Waals surface area contributed by atoms with E-state index in [1.54, 1.807) is 17.4 Å². The minimum atomic E-state index is -0.981. The van der Waals surface area contributed by atoms with Crippen molar-refractivity contribution in [3.05, 3.63) is 69.7 Å². The maximum atomic E-state index is 12.7. The highest BCUT2D eigenvalue weighted by atomic mass is 35.5. The summed E-state index contributed by atoms with van der Waals surface area (Å²) in [4.78, 5) is 14.4. The molecule has 0 aromatic heterocycles. The molecule has 2 heterocycles. The van der Waals surface area contributed by atoms with Crippen molar-refractivity contribution in [2.45, 2.75) is 63.5 Å². The molecule has 1 N–H and O–H groups in total. The van der Waals surface area contributed by atoms with Crippen molar-refractivity contribution in [1.29, 1.82) is 0 Å². The lowest BCUT2D eigenvalue weighted by molar-refractivity contribution is -0.0615. The molecule has 240 valence electrons. The third-order valence-corrected chi connectivity index (χ3v) is 8.97. The second-order valence-corrected chi connectivity index (χ2v) is 15.8. The van der Waals surface area contributed by atoms with E-state index in [1.165, 1.54) is 5.56 Å². The Balaban J connectivity index is 0.000000248. The van der Waals surface area contributed by atoms with Crippen LogP contribution >= 0.6 is 23.2 Å². The Morgan fingerprint density at radius 3 is 1.88 bits per heavy atom. The van der Waals surface area contributed by atoms with Crippen LogP contribution in [0.1, 0.15) is 31.9 Å². The van der Waals surface area contributed by atoms with Gasteiger partial charge in [-0.3, -0.25) is 13.3 Å². The number of amides is 1. The molecule has 2 saturated heterocycles. The van der Waals surface area contributed by atoms with Crippen molar-refractivity contribution in [3.8, 4) is 0 Å². The maximum Gasteiger partial charge on any atom is 0.410 e. The summed E-state index contributed by atoms with van der Waals surface area (Å²) < 4.78 is 39.7. The zero-order valence-corrected chi connectivity index (χ0v) is 28.7. The molecule has 2 aliphatic heterocycles. The fraction of sp³-hybridized carbons (Fsp3) is 0.581. The van der Waals surface area contributed by atoms with Gasteiger partial charge in [0.1, 0.15) is 5.60 Å². The van der Waals surface area contributed by atoms with Crippen LogP contribution in [0.25, 0.3) is 0 Å². The number of morpholine rings is 2. The highest BCUT2D eigenvalue weighted by Gasteiger charge is 2.35. The van der Waals surface area contributed by atoms with Gasteiger partial charge >= 0.3 is 6.09 Å². The lowest BCUT2D eigenvalue weighted by Gasteiger charge is -2.40. The maximum absolute atomic E-state index is 12.7. The van der Waals surface area contributed by atoms with Crippen LogP contribution < -0.4 is 5.32 Å². The Morgan fingerprint density at radius 2 is 1.40 bits per heavy atom. The van der Waals surface area contributed by atoms with Gasteiger partial charge in [0.2, 0.25) is 0 Å². The van der Waals surface area contributed by atoms with Crippen molar-refractivity contribution in [3.63, 3.8) is 0 Å². The number of nitrogens with zero attached hydrogens (tertiary/aromatic N) is 1. The number of hydrogen-bond acceptors (Lipinski definition) is 7. The molecular formula is C31H44Cl2N2O6S2. The quantitative estimate of drug-likeness (QED) is 0.427.